The Kier molecular flexibility index (Phi) is 3.65. The quantitative estimate of drug-likeness (QED) is 0.921. The third kappa shape index (κ3) is 2.78. The third-order valence-electron chi connectivity index (χ3n) is 2.10. The van der Waals surface area contributed by atoms with Crippen molar-refractivity contribution < 1.29 is 14.1 Å². The molecule has 1 N–H and O–H groups in total. The van der Waals surface area contributed by atoms with E-state index < -0.39 is 16.8 Å². The minimum atomic E-state index is -1.38. The van der Waals surface area contributed by atoms with Gasteiger partial charge < -0.3 is 5.11 Å². The summed E-state index contributed by atoms with van der Waals surface area (Å²) in [6.45, 7) is 0. The van der Waals surface area contributed by atoms with Gasteiger partial charge in [-0.3, -0.25) is 4.21 Å². The van der Waals surface area contributed by atoms with E-state index in [1.807, 2.05) is 0 Å². The van der Waals surface area contributed by atoms with Gasteiger partial charge in [-0.2, -0.15) is 0 Å². The SMILES string of the molecule is O=C(O)c1ccccc1S(=O)Cc1nccs1. The molecule has 0 amide bonds. The van der Waals surface area contributed by atoms with Crippen molar-refractivity contribution in [2.45, 2.75) is 10.6 Å². The fourth-order valence-electron chi connectivity index (χ4n) is 1.36. The number of rotatable bonds is 4. The number of hydrogen-bond donors (Lipinski definition) is 1. The number of aromatic nitrogens is 1. The van der Waals surface area contributed by atoms with Crippen molar-refractivity contribution >= 4 is 28.1 Å². The zero-order valence-corrected chi connectivity index (χ0v) is 10.3. The number of carboxylic acid groups (broad SMARTS) is 1. The molecule has 0 radical (unpaired) electrons. The molecule has 2 rings (SSSR count). The Hall–Kier alpha value is -1.53. The van der Waals surface area contributed by atoms with Gasteiger partial charge in [0.2, 0.25) is 0 Å². The van der Waals surface area contributed by atoms with Crippen molar-refractivity contribution in [3.63, 3.8) is 0 Å². The van der Waals surface area contributed by atoms with Crippen LogP contribution >= 0.6 is 11.3 Å². The maximum absolute atomic E-state index is 12.1. The van der Waals surface area contributed by atoms with Gasteiger partial charge in [0.05, 0.1) is 27.0 Å². The minimum absolute atomic E-state index is 0.0855. The molecule has 1 atom stereocenters. The lowest BCUT2D eigenvalue weighted by Crippen LogP contribution is -2.05. The molecule has 1 aromatic carbocycles. The van der Waals surface area contributed by atoms with Gasteiger partial charge >= 0.3 is 5.97 Å². The molecule has 0 aliphatic carbocycles. The summed E-state index contributed by atoms with van der Waals surface area (Å²) in [7, 11) is -1.38. The van der Waals surface area contributed by atoms with Crippen molar-refractivity contribution in [1.82, 2.24) is 4.98 Å². The minimum Gasteiger partial charge on any atom is -0.478 e. The number of carbonyl (C=O) groups is 1. The average molecular weight is 267 g/mol. The molecule has 88 valence electrons. The molecule has 0 aliphatic heterocycles. The number of thiazole rings is 1. The van der Waals surface area contributed by atoms with Crippen LogP contribution in [-0.2, 0) is 16.6 Å². The second-order valence-electron chi connectivity index (χ2n) is 3.22. The first kappa shape index (κ1) is 11.9. The first-order valence-corrected chi connectivity index (χ1v) is 6.97. The topological polar surface area (TPSA) is 67.3 Å². The van der Waals surface area contributed by atoms with Gasteiger partial charge in [-0.1, -0.05) is 12.1 Å². The Labute approximate surface area is 104 Å². The summed E-state index contributed by atoms with van der Waals surface area (Å²) in [5.41, 5.74) is 0.0855. The molecule has 0 fully saturated rings. The molecule has 1 heterocycles. The molecule has 4 nitrogen and oxygen atoms in total. The Balaban J connectivity index is 2.28. The highest BCUT2D eigenvalue weighted by molar-refractivity contribution is 7.84. The second-order valence-corrected chi connectivity index (χ2v) is 5.62. The van der Waals surface area contributed by atoms with Crippen LogP contribution in [0.5, 0.6) is 0 Å². The van der Waals surface area contributed by atoms with Crippen LogP contribution in [-0.4, -0.2) is 20.3 Å². The summed E-state index contributed by atoms with van der Waals surface area (Å²) < 4.78 is 12.1. The molecule has 6 heteroatoms. The fourth-order valence-corrected chi connectivity index (χ4v) is 3.44. The van der Waals surface area contributed by atoms with E-state index in [9.17, 15) is 9.00 Å². The zero-order valence-electron chi connectivity index (χ0n) is 8.70. The molecule has 1 unspecified atom stereocenters. The monoisotopic (exact) mass is 267 g/mol. The lowest BCUT2D eigenvalue weighted by atomic mass is 10.2. The van der Waals surface area contributed by atoms with Crippen molar-refractivity contribution in [2.75, 3.05) is 0 Å². The van der Waals surface area contributed by atoms with Crippen LogP contribution in [0.25, 0.3) is 0 Å². The highest BCUT2D eigenvalue weighted by atomic mass is 32.2. The number of carboxylic acids is 1. The predicted molar refractivity (Wildman–Crippen MR) is 65.6 cm³/mol. The lowest BCUT2D eigenvalue weighted by Gasteiger charge is -2.04. The molecular formula is C11H9NO3S2. The van der Waals surface area contributed by atoms with Crippen LogP contribution in [0.3, 0.4) is 0 Å². The molecular weight excluding hydrogens is 258 g/mol. The van der Waals surface area contributed by atoms with E-state index in [-0.39, 0.29) is 11.3 Å². The second kappa shape index (κ2) is 5.20. The maximum Gasteiger partial charge on any atom is 0.336 e. The molecule has 0 spiro atoms. The van der Waals surface area contributed by atoms with Crippen molar-refractivity contribution in [3.8, 4) is 0 Å². The first-order chi connectivity index (χ1) is 8.18. The standard InChI is InChI=1S/C11H9NO3S2/c13-11(14)8-3-1-2-4-9(8)17(15)7-10-12-5-6-16-10/h1-6H,7H2,(H,13,14). The first-order valence-electron chi connectivity index (χ1n) is 4.77. The summed E-state index contributed by atoms with van der Waals surface area (Å²) in [6.07, 6.45) is 1.64. The van der Waals surface area contributed by atoms with E-state index in [0.29, 0.717) is 4.90 Å². The molecule has 1 aromatic heterocycles. The van der Waals surface area contributed by atoms with Gasteiger partial charge in [-0.15, -0.1) is 11.3 Å². The number of nitrogens with zero attached hydrogens (tertiary/aromatic N) is 1. The summed E-state index contributed by atoms with van der Waals surface area (Å²) in [5.74, 6) is -0.810. The molecule has 0 saturated carbocycles. The van der Waals surface area contributed by atoms with E-state index in [2.05, 4.69) is 4.98 Å². The van der Waals surface area contributed by atoms with Crippen LogP contribution in [0, 0.1) is 0 Å². The fraction of sp³-hybridized carbons (Fsp3) is 0.0909. The summed E-state index contributed by atoms with van der Waals surface area (Å²) in [6, 6.07) is 6.33. The molecule has 17 heavy (non-hydrogen) atoms. The van der Waals surface area contributed by atoms with Gasteiger partial charge in [0.15, 0.2) is 0 Å². The summed E-state index contributed by atoms with van der Waals surface area (Å²) >= 11 is 1.41. The van der Waals surface area contributed by atoms with Gasteiger partial charge in [0.25, 0.3) is 0 Å². The Morgan fingerprint density at radius 1 is 1.41 bits per heavy atom. The normalized spacial score (nSPS) is 12.2. The highest BCUT2D eigenvalue weighted by Crippen LogP contribution is 2.18. The van der Waals surface area contributed by atoms with E-state index in [0.717, 1.165) is 5.01 Å². The van der Waals surface area contributed by atoms with Crippen molar-refractivity contribution in [3.05, 3.63) is 46.4 Å². The van der Waals surface area contributed by atoms with E-state index in [1.165, 1.54) is 17.4 Å². The zero-order chi connectivity index (χ0) is 12.3. The Morgan fingerprint density at radius 3 is 2.82 bits per heavy atom. The van der Waals surface area contributed by atoms with E-state index >= 15 is 0 Å². The summed E-state index contributed by atoms with van der Waals surface area (Å²) in [5, 5.41) is 11.5. The largest absolute Gasteiger partial charge is 0.478 e. The summed E-state index contributed by atoms with van der Waals surface area (Å²) in [4.78, 5) is 15.4. The average Bonchev–Trinajstić information content (AvgIpc) is 2.81. The molecule has 0 saturated heterocycles. The number of aromatic carboxylic acids is 1. The Bertz CT molecular complexity index is 552. The van der Waals surface area contributed by atoms with Gasteiger partial charge in [-0.25, -0.2) is 9.78 Å². The lowest BCUT2D eigenvalue weighted by molar-refractivity contribution is 0.0693. The van der Waals surface area contributed by atoms with Crippen LogP contribution in [0.4, 0.5) is 0 Å². The third-order valence-corrected chi connectivity index (χ3v) is 4.45. The maximum atomic E-state index is 12.1. The Morgan fingerprint density at radius 2 is 2.18 bits per heavy atom. The predicted octanol–water partition coefficient (Wildman–Crippen LogP) is 2.15. The molecule has 0 aliphatic rings. The van der Waals surface area contributed by atoms with E-state index in [1.54, 1.807) is 29.8 Å². The van der Waals surface area contributed by atoms with Crippen LogP contribution < -0.4 is 0 Å². The van der Waals surface area contributed by atoms with Gasteiger partial charge in [0.1, 0.15) is 5.01 Å². The van der Waals surface area contributed by atoms with Gasteiger partial charge in [0, 0.05) is 11.6 Å². The van der Waals surface area contributed by atoms with Crippen LogP contribution in [0.2, 0.25) is 0 Å². The molecule has 2 aromatic rings. The highest BCUT2D eigenvalue weighted by Gasteiger charge is 2.15. The van der Waals surface area contributed by atoms with Crippen LogP contribution in [0.1, 0.15) is 15.4 Å². The number of benzene rings is 1. The van der Waals surface area contributed by atoms with Crippen LogP contribution in [0.15, 0.2) is 40.7 Å². The van der Waals surface area contributed by atoms with Crippen molar-refractivity contribution in [2.24, 2.45) is 0 Å². The van der Waals surface area contributed by atoms with E-state index in [4.69, 9.17) is 5.11 Å². The number of hydrogen-bond acceptors (Lipinski definition) is 4. The smallest absolute Gasteiger partial charge is 0.336 e. The molecule has 0 bridgehead atoms. The van der Waals surface area contributed by atoms with Gasteiger partial charge in [-0.05, 0) is 12.1 Å². The van der Waals surface area contributed by atoms with Crippen molar-refractivity contribution in [1.29, 1.82) is 0 Å².